The van der Waals surface area contributed by atoms with E-state index < -0.39 is 0 Å². The van der Waals surface area contributed by atoms with Gasteiger partial charge in [0, 0.05) is 19.3 Å². The molecule has 0 fully saturated rings. The Labute approximate surface area is 114 Å². The molecule has 1 aromatic rings. The molecule has 0 saturated carbocycles. The van der Waals surface area contributed by atoms with E-state index in [4.69, 9.17) is 10.9 Å². The largest absolute Gasteiger partial charge is 0.409 e. The Balaban J connectivity index is 2.86. The van der Waals surface area contributed by atoms with Crippen LogP contribution in [0.25, 0.3) is 0 Å². The number of pyridine rings is 1. The van der Waals surface area contributed by atoms with E-state index >= 15 is 0 Å². The third-order valence-electron chi connectivity index (χ3n) is 2.89. The van der Waals surface area contributed by atoms with Crippen LogP contribution >= 0.6 is 0 Å². The first-order valence-corrected chi connectivity index (χ1v) is 6.42. The zero-order chi connectivity index (χ0) is 14.3. The number of rotatable bonds is 7. The number of hydrogen-bond donors (Lipinski definition) is 2. The van der Waals surface area contributed by atoms with Crippen molar-refractivity contribution in [3.8, 4) is 0 Å². The van der Waals surface area contributed by atoms with E-state index in [1.807, 2.05) is 12.1 Å². The van der Waals surface area contributed by atoms with Crippen LogP contribution in [0.5, 0.6) is 0 Å². The van der Waals surface area contributed by atoms with Gasteiger partial charge in [0.15, 0.2) is 5.84 Å². The summed E-state index contributed by atoms with van der Waals surface area (Å²) < 4.78 is 0. The molecule has 0 aliphatic heterocycles. The van der Waals surface area contributed by atoms with Crippen LogP contribution in [0.3, 0.4) is 0 Å². The first kappa shape index (κ1) is 15.2. The highest BCUT2D eigenvalue weighted by atomic mass is 16.4. The number of nitrogens with two attached hydrogens (primary N) is 1. The predicted octanol–water partition coefficient (Wildman–Crippen LogP) is 0.954. The van der Waals surface area contributed by atoms with Gasteiger partial charge in [-0.1, -0.05) is 5.16 Å². The van der Waals surface area contributed by atoms with Crippen molar-refractivity contribution in [3.05, 3.63) is 24.0 Å². The maximum Gasteiger partial charge on any atom is 0.190 e. The lowest BCUT2D eigenvalue weighted by Crippen LogP contribution is -2.30. The number of hydrogen-bond acceptors (Lipinski definition) is 5. The molecule has 106 valence electrons. The van der Waals surface area contributed by atoms with Crippen molar-refractivity contribution in [1.29, 1.82) is 0 Å². The second-order valence-electron chi connectivity index (χ2n) is 4.59. The van der Waals surface area contributed by atoms with Gasteiger partial charge in [-0.25, -0.2) is 0 Å². The molecule has 0 spiro atoms. The van der Waals surface area contributed by atoms with E-state index in [1.165, 1.54) is 0 Å². The Hall–Kier alpha value is -1.82. The van der Waals surface area contributed by atoms with Crippen LogP contribution < -0.4 is 10.6 Å². The fraction of sp³-hybridized carbons (Fsp3) is 0.538. The summed E-state index contributed by atoms with van der Waals surface area (Å²) in [6.45, 7) is 4.87. The normalized spacial score (nSPS) is 11.9. The van der Waals surface area contributed by atoms with E-state index in [0.717, 1.165) is 31.7 Å². The zero-order valence-corrected chi connectivity index (χ0v) is 11.9. The zero-order valence-electron chi connectivity index (χ0n) is 11.9. The fourth-order valence-corrected chi connectivity index (χ4v) is 1.92. The van der Waals surface area contributed by atoms with E-state index in [9.17, 15) is 0 Å². The minimum absolute atomic E-state index is 0.0432. The van der Waals surface area contributed by atoms with Crippen LogP contribution in [-0.4, -0.2) is 54.7 Å². The minimum atomic E-state index is 0.0432. The smallest absolute Gasteiger partial charge is 0.190 e. The first-order chi connectivity index (χ1) is 9.10. The highest BCUT2D eigenvalue weighted by Gasteiger charge is 2.13. The topological polar surface area (TPSA) is 78.0 Å². The summed E-state index contributed by atoms with van der Waals surface area (Å²) in [5.41, 5.74) is 7.09. The fourth-order valence-electron chi connectivity index (χ4n) is 1.92. The van der Waals surface area contributed by atoms with Gasteiger partial charge in [-0.15, -0.1) is 0 Å². The molecule has 0 aliphatic carbocycles. The molecule has 6 nitrogen and oxygen atoms in total. The molecule has 0 bridgehead atoms. The van der Waals surface area contributed by atoms with E-state index in [-0.39, 0.29) is 5.84 Å². The van der Waals surface area contributed by atoms with Gasteiger partial charge in [0.25, 0.3) is 0 Å². The van der Waals surface area contributed by atoms with Gasteiger partial charge in [0.1, 0.15) is 5.69 Å². The van der Waals surface area contributed by atoms with Gasteiger partial charge in [0.2, 0.25) is 0 Å². The van der Waals surface area contributed by atoms with Gasteiger partial charge in [-0.05, 0) is 46.1 Å². The van der Waals surface area contributed by atoms with Crippen molar-refractivity contribution in [2.75, 3.05) is 38.6 Å². The van der Waals surface area contributed by atoms with Gasteiger partial charge in [-0.3, -0.25) is 4.98 Å². The molecule has 19 heavy (non-hydrogen) atoms. The SMILES string of the molecule is CCN(CCCN(C)C)c1cccnc1/C(N)=N/O. The third-order valence-corrected chi connectivity index (χ3v) is 2.89. The summed E-state index contributed by atoms with van der Waals surface area (Å²) in [5.74, 6) is 0.0432. The monoisotopic (exact) mass is 265 g/mol. The number of nitrogens with zero attached hydrogens (tertiary/aromatic N) is 4. The van der Waals surface area contributed by atoms with Crippen molar-refractivity contribution < 1.29 is 5.21 Å². The molecule has 0 saturated heterocycles. The molecule has 1 heterocycles. The van der Waals surface area contributed by atoms with Crippen molar-refractivity contribution in [2.45, 2.75) is 13.3 Å². The second kappa shape index (κ2) is 7.58. The summed E-state index contributed by atoms with van der Waals surface area (Å²) in [7, 11) is 4.12. The molecular formula is C13H23N5O. The minimum Gasteiger partial charge on any atom is -0.409 e. The Morgan fingerprint density at radius 3 is 2.74 bits per heavy atom. The Bertz CT molecular complexity index is 419. The third kappa shape index (κ3) is 4.40. The maximum atomic E-state index is 8.81. The summed E-state index contributed by atoms with van der Waals surface area (Å²) in [5, 5.41) is 11.9. The lowest BCUT2D eigenvalue weighted by Gasteiger charge is -2.25. The van der Waals surface area contributed by atoms with Crippen LogP contribution in [0.4, 0.5) is 5.69 Å². The van der Waals surface area contributed by atoms with Crippen LogP contribution in [0.1, 0.15) is 19.0 Å². The Kier molecular flexibility index (Phi) is 6.08. The summed E-state index contributed by atoms with van der Waals surface area (Å²) >= 11 is 0. The van der Waals surface area contributed by atoms with Crippen LogP contribution in [0, 0.1) is 0 Å². The molecule has 0 radical (unpaired) electrons. The number of aromatic nitrogens is 1. The average molecular weight is 265 g/mol. The van der Waals surface area contributed by atoms with Crippen molar-refractivity contribution in [2.24, 2.45) is 10.9 Å². The average Bonchev–Trinajstić information content (AvgIpc) is 2.42. The molecular weight excluding hydrogens is 242 g/mol. The van der Waals surface area contributed by atoms with Crippen molar-refractivity contribution in [3.63, 3.8) is 0 Å². The standard InChI is InChI=1S/C13H23N5O/c1-4-18(10-6-9-17(2)3)11-7-5-8-15-12(11)13(14)16-19/h5,7-8,19H,4,6,9-10H2,1-3H3,(H2,14,16). The van der Waals surface area contributed by atoms with Crippen LogP contribution in [-0.2, 0) is 0 Å². The molecule has 0 atom stereocenters. The first-order valence-electron chi connectivity index (χ1n) is 6.42. The molecule has 6 heteroatoms. The molecule has 1 rings (SSSR count). The van der Waals surface area contributed by atoms with E-state index in [2.05, 4.69) is 41.0 Å². The number of amidine groups is 1. The Morgan fingerprint density at radius 1 is 1.42 bits per heavy atom. The predicted molar refractivity (Wildman–Crippen MR) is 77.8 cm³/mol. The van der Waals surface area contributed by atoms with Crippen molar-refractivity contribution >= 4 is 11.5 Å². The van der Waals surface area contributed by atoms with E-state index in [1.54, 1.807) is 6.20 Å². The van der Waals surface area contributed by atoms with Crippen molar-refractivity contribution in [1.82, 2.24) is 9.88 Å². The molecule has 0 amide bonds. The van der Waals surface area contributed by atoms with Gasteiger partial charge in [-0.2, -0.15) is 0 Å². The van der Waals surface area contributed by atoms with Crippen LogP contribution in [0.2, 0.25) is 0 Å². The highest BCUT2D eigenvalue weighted by molar-refractivity contribution is 6.00. The van der Waals surface area contributed by atoms with Crippen LogP contribution in [0.15, 0.2) is 23.5 Å². The second-order valence-corrected chi connectivity index (χ2v) is 4.59. The lowest BCUT2D eigenvalue weighted by atomic mass is 10.2. The van der Waals surface area contributed by atoms with Gasteiger partial charge in [0.05, 0.1) is 5.69 Å². The summed E-state index contributed by atoms with van der Waals surface area (Å²) in [4.78, 5) is 8.53. The summed E-state index contributed by atoms with van der Waals surface area (Å²) in [6, 6.07) is 3.80. The molecule has 3 N–H and O–H groups in total. The Morgan fingerprint density at radius 2 is 2.16 bits per heavy atom. The molecule has 0 unspecified atom stereocenters. The number of oxime groups is 1. The van der Waals surface area contributed by atoms with Gasteiger partial charge < -0.3 is 20.7 Å². The quantitative estimate of drug-likeness (QED) is 0.332. The van der Waals surface area contributed by atoms with E-state index in [0.29, 0.717) is 5.69 Å². The summed E-state index contributed by atoms with van der Waals surface area (Å²) in [6.07, 6.45) is 2.69. The molecule has 0 aliphatic rings. The highest BCUT2D eigenvalue weighted by Crippen LogP contribution is 2.18. The lowest BCUT2D eigenvalue weighted by molar-refractivity contribution is 0.318. The molecule has 1 aromatic heterocycles. The van der Waals surface area contributed by atoms with Gasteiger partial charge >= 0.3 is 0 Å². The maximum absolute atomic E-state index is 8.81. The number of anilines is 1. The molecule has 0 aromatic carbocycles.